The lowest BCUT2D eigenvalue weighted by atomic mass is 10.1. The minimum atomic E-state index is -3.32. The van der Waals surface area contributed by atoms with Crippen molar-refractivity contribution in [3.8, 4) is 11.5 Å². The van der Waals surface area contributed by atoms with Gasteiger partial charge < -0.3 is 9.47 Å². The van der Waals surface area contributed by atoms with Crippen molar-refractivity contribution in [1.82, 2.24) is 0 Å². The highest BCUT2D eigenvalue weighted by Gasteiger charge is 2.40. The highest BCUT2D eigenvalue weighted by Crippen LogP contribution is 2.40. The number of hydrogen-bond acceptors (Lipinski definition) is 6. The molecule has 5 nitrogen and oxygen atoms in total. The van der Waals surface area contributed by atoms with E-state index in [-0.39, 0.29) is 22.9 Å². The first kappa shape index (κ1) is 19.8. The monoisotopic (exact) mass is 406 g/mol. The number of carbonyl (C=O) groups excluding carboxylic acids is 1. The van der Waals surface area contributed by atoms with Gasteiger partial charge in [-0.2, -0.15) is 11.8 Å². The molecule has 0 aromatic heterocycles. The Labute approximate surface area is 164 Å². The third-order valence-corrected chi connectivity index (χ3v) is 8.07. The number of hydrogen-bond donors (Lipinski definition) is 0. The number of methoxy groups -OCH3 is 1. The molecule has 2 atom stereocenters. The van der Waals surface area contributed by atoms with Gasteiger partial charge in [0.15, 0.2) is 9.84 Å². The fraction of sp³-hybridized carbons (Fsp3) is 0.350. The van der Waals surface area contributed by atoms with E-state index in [1.54, 1.807) is 60.3 Å². The van der Waals surface area contributed by atoms with Crippen LogP contribution in [0.3, 0.4) is 0 Å². The zero-order valence-electron chi connectivity index (χ0n) is 15.3. The molecular weight excluding hydrogens is 384 g/mol. The molecule has 0 saturated carbocycles. The van der Waals surface area contributed by atoms with E-state index in [1.165, 1.54) is 7.11 Å². The summed E-state index contributed by atoms with van der Waals surface area (Å²) in [4.78, 5) is 11.6. The molecule has 0 spiro atoms. The predicted molar refractivity (Wildman–Crippen MR) is 106 cm³/mol. The van der Waals surface area contributed by atoms with Crippen LogP contribution in [0.1, 0.15) is 18.9 Å². The Morgan fingerprint density at radius 3 is 2.15 bits per heavy atom. The summed E-state index contributed by atoms with van der Waals surface area (Å²) in [7, 11) is -1.96. The maximum Gasteiger partial charge on any atom is 0.309 e. The highest BCUT2D eigenvalue weighted by atomic mass is 32.2. The quantitative estimate of drug-likeness (QED) is 0.490. The summed E-state index contributed by atoms with van der Waals surface area (Å²) in [5.41, 5.74) is 0.833. The minimum Gasteiger partial charge on any atom is -0.469 e. The number of thioether (sulfide) groups is 1. The molecule has 1 aliphatic heterocycles. The first-order valence-electron chi connectivity index (χ1n) is 8.73. The second kappa shape index (κ2) is 8.35. The number of sulfone groups is 1. The van der Waals surface area contributed by atoms with Gasteiger partial charge in [0.1, 0.15) is 11.5 Å². The molecule has 1 fully saturated rings. The summed E-state index contributed by atoms with van der Waals surface area (Å²) < 4.78 is 36.0. The normalized spacial score (nSPS) is 17.2. The number of carbonyl (C=O) groups is 1. The average molecular weight is 407 g/mol. The van der Waals surface area contributed by atoms with E-state index in [1.807, 2.05) is 6.92 Å². The van der Waals surface area contributed by atoms with Gasteiger partial charge in [-0.25, -0.2) is 8.42 Å². The van der Waals surface area contributed by atoms with Gasteiger partial charge in [0.25, 0.3) is 0 Å². The van der Waals surface area contributed by atoms with Crippen molar-refractivity contribution in [3.05, 3.63) is 54.1 Å². The summed E-state index contributed by atoms with van der Waals surface area (Å²) in [6.07, 6.45) is 0.831. The molecule has 2 aromatic rings. The Bertz CT molecular complexity index is 885. The number of esters is 1. The summed E-state index contributed by atoms with van der Waals surface area (Å²) in [6, 6.07) is 13.7. The molecule has 0 bridgehead atoms. The van der Waals surface area contributed by atoms with Crippen LogP contribution in [0.2, 0.25) is 0 Å². The maximum atomic E-state index is 12.8. The fourth-order valence-electron chi connectivity index (χ4n) is 2.87. The molecule has 1 aliphatic rings. The molecule has 0 N–H and O–H groups in total. The van der Waals surface area contributed by atoms with Crippen LogP contribution in [0, 0.1) is 0 Å². The van der Waals surface area contributed by atoms with E-state index in [2.05, 4.69) is 4.74 Å². The van der Waals surface area contributed by atoms with Gasteiger partial charge in [0, 0.05) is 11.0 Å². The lowest BCUT2D eigenvalue weighted by Crippen LogP contribution is -2.25. The van der Waals surface area contributed by atoms with Crippen molar-refractivity contribution in [3.63, 3.8) is 0 Å². The van der Waals surface area contributed by atoms with E-state index in [0.29, 0.717) is 22.8 Å². The second-order valence-electron chi connectivity index (χ2n) is 6.33. The number of rotatable bonds is 8. The smallest absolute Gasteiger partial charge is 0.309 e. The molecule has 144 valence electrons. The minimum absolute atomic E-state index is 0.210. The Kier molecular flexibility index (Phi) is 6.11. The zero-order valence-corrected chi connectivity index (χ0v) is 16.9. The zero-order chi connectivity index (χ0) is 19.4. The van der Waals surface area contributed by atoms with Crippen LogP contribution >= 0.6 is 11.8 Å². The highest BCUT2D eigenvalue weighted by molar-refractivity contribution is 8.08. The van der Waals surface area contributed by atoms with Gasteiger partial charge in [0.2, 0.25) is 0 Å². The molecule has 27 heavy (non-hydrogen) atoms. The Balaban J connectivity index is 1.68. The Morgan fingerprint density at radius 1 is 1.11 bits per heavy atom. The van der Waals surface area contributed by atoms with Crippen molar-refractivity contribution in [2.75, 3.05) is 12.9 Å². The molecule has 2 unspecified atom stereocenters. The van der Waals surface area contributed by atoms with Crippen LogP contribution < -0.4 is 4.74 Å². The Morgan fingerprint density at radius 2 is 1.67 bits per heavy atom. The van der Waals surface area contributed by atoms with Crippen molar-refractivity contribution in [2.45, 2.75) is 35.2 Å². The van der Waals surface area contributed by atoms with Gasteiger partial charge in [-0.3, -0.25) is 4.79 Å². The summed E-state index contributed by atoms with van der Waals surface area (Å²) in [6.45, 7) is 1.92. The number of benzene rings is 2. The Hall–Kier alpha value is -1.99. The van der Waals surface area contributed by atoms with E-state index in [0.717, 1.165) is 11.3 Å². The van der Waals surface area contributed by atoms with Crippen molar-refractivity contribution in [1.29, 1.82) is 0 Å². The third-order valence-electron chi connectivity index (χ3n) is 4.46. The van der Waals surface area contributed by atoms with E-state index in [4.69, 9.17) is 4.74 Å². The van der Waals surface area contributed by atoms with Crippen LogP contribution in [-0.2, 0) is 25.8 Å². The van der Waals surface area contributed by atoms with Crippen molar-refractivity contribution >= 4 is 27.6 Å². The molecule has 7 heteroatoms. The van der Waals surface area contributed by atoms with E-state index in [9.17, 15) is 13.2 Å². The molecule has 0 aliphatic carbocycles. The van der Waals surface area contributed by atoms with Gasteiger partial charge >= 0.3 is 5.97 Å². The van der Waals surface area contributed by atoms with E-state index >= 15 is 0 Å². The maximum absolute atomic E-state index is 12.8. The molecule has 3 rings (SSSR count). The van der Waals surface area contributed by atoms with Crippen molar-refractivity contribution in [2.24, 2.45) is 0 Å². The topological polar surface area (TPSA) is 69.7 Å². The van der Waals surface area contributed by atoms with Gasteiger partial charge in [-0.05, 0) is 48.4 Å². The average Bonchev–Trinajstić information content (AvgIpc) is 3.49. The second-order valence-corrected chi connectivity index (χ2v) is 9.77. The lowest BCUT2D eigenvalue weighted by molar-refractivity contribution is -0.139. The summed E-state index contributed by atoms with van der Waals surface area (Å²) in [5.74, 6) is 1.80. The predicted octanol–water partition coefficient (Wildman–Crippen LogP) is 3.86. The van der Waals surface area contributed by atoms with Gasteiger partial charge in [0.05, 0.1) is 23.7 Å². The van der Waals surface area contributed by atoms with Crippen LogP contribution in [-0.4, -0.2) is 37.7 Å². The molecule has 1 heterocycles. The standard InChI is InChI=1S/C20H22O5S2/c1-3-19(18-13-26-18)27(22,23)17-10-8-16(9-11-17)25-15-6-4-14(5-7-15)12-20(21)24-2/h4-11,18-19H,3,12-13H2,1-2H3. The molecular formula is C20H22O5S2. The van der Waals surface area contributed by atoms with E-state index < -0.39 is 9.84 Å². The van der Waals surface area contributed by atoms with Crippen LogP contribution in [0.15, 0.2) is 53.4 Å². The van der Waals surface area contributed by atoms with Crippen molar-refractivity contribution < 1.29 is 22.7 Å². The summed E-state index contributed by atoms with van der Waals surface area (Å²) in [5, 5.41) is -0.101. The molecule has 2 aromatic carbocycles. The fourth-order valence-corrected chi connectivity index (χ4v) is 6.22. The lowest BCUT2D eigenvalue weighted by Gasteiger charge is -2.14. The molecule has 0 amide bonds. The summed E-state index contributed by atoms with van der Waals surface area (Å²) >= 11 is 1.70. The van der Waals surface area contributed by atoms with Crippen LogP contribution in [0.25, 0.3) is 0 Å². The van der Waals surface area contributed by atoms with Gasteiger partial charge in [-0.15, -0.1) is 0 Å². The number of ether oxygens (including phenoxy) is 2. The van der Waals surface area contributed by atoms with Crippen LogP contribution in [0.4, 0.5) is 0 Å². The van der Waals surface area contributed by atoms with Crippen LogP contribution in [0.5, 0.6) is 11.5 Å². The SMILES string of the molecule is CCC(C1CS1)S(=O)(=O)c1ccc(Oc2ccc(CC(=O)OC)cc2)cc1. The third kappa shape index (κ3) is 4.84. The molecule has 0 radical (unpaired) electrons. The largest absolute Gasteiger partial charge is 0.469 e. The van der Waals surface area contributed by atoms with Gasteiger partial charge in [-0.1, -0.05) is 19.1 Å². The first-order chi connectivity index (χ1) is 12.9. The first-order valence-corrected chi connectivity index (χ1v) is 11.3. The molecule has 1 saturated heterocycles.